The van der Waals surface area contributed by atoms with Crippen molar-refractivity contribution in [3.63, 3.8) is 0 Å². The molecule has 124 valence electrons. The van der Waals surface area contributed by atoms with Gasteiger partial charge in [-0.25, -0.2) is 4.68 Å². The Bertz CT molecular complexity index is 986. The van der Waals surface area contributed by atoms with E-state index in [1.807, 2.05) is 49.4 Å². The van der Waals surface area contributed by atoms with Gasteiger partial charge < -0.3 is 4.52 Å². The maximum Gasteiger partial charge on any atom is 0.280 e. The maximum absolute atomic E-state index is 5.39. The van der Waals surface area contributed by atoms with Gasteiger partial charge in [-0.15, -0.1) is 5.10 Å². The molecule has 0 bridgehead atoms. The van der Waals surface area contributed by atoms with Crippen LogP contribution < -0.4 is 0 Å². The molecule has 4 aromatic rings. The average Bonchev–Trinajstić information content (AvgIpc) is 3.29. The minimum Gasteiger partial charge on any atom is -0.332 e. The van der Waals surface area contributed by atoms with Crippen LogP contribution in [0.2, 0.25) is 0 Å². The average molecular weight is 331 g/mol. The first-order valence-corrected chi connectivity index (χ1v) is 8.17. The van der Waals surface area contributed by atoms with E-state index in [-0.39, 0.29) is 0 Å². The van der Waals surface area contributed by atoms with Gasteiger partial charge >= 0.3 is 0 Å². The smallest absolute Gasteiger partial charge is 0.280 e. The third-order valence-electron chi connectivity index (χ3n) is 4.14. The molecule has 0 amide bonds. The van der Waals surface area contributed by atoms with E-state index in [2.05, 4.69) is 39.5 Å². The molecule has 0 aliphatic carbocycles. The molecule has 0 fully saturated rings. The molecular formula is C19H17N5O. The highest BCUT2D eigenvalue weighted by Crippen LogP contribution is 2.24. The van der Waals surface area contributed by atoms with Crippen molar-refractivity contribution in [2.75, 3.05) is 0 Å². The van der Waals surface area contributed by atoms with Crippen molar-refractivity contribution in [3.8, 4) is 28.7 Å². The third-order valence-corrected chi connectivity index (χ3v) is 4.14. The van der Waals surface area contributed by atoms with Gasteiger partial charge in [-0.2, -0.15) is 4.98 Å². The van der Waals surface area contributed by atoms with Crippen LogP contribution >= 0.6 is 0 Å². The van der Waals surface area contributed by atoms with Crippen LogP contribution in [0.3, 0.4) is 0 Å². The zero-order valence-electron chi connectivity index (χ0n) is 14.0. The van der Waals surface area contributed by atoms with Crippen LogP contribution in [-0.2, 0) is 6.42 Å². The lowest BCUT2D eigenvalue weighted by molar-refractivity contribution is 0.430. The first-order valence-electron chi connectivity index (χ1n) is 8.17. The van der Waals surface area contributed by atoms with Crippen LogP contribution in [0.4, 0.5) is 0 Å². The Hall–Kier alpha value is -3.28. The summed E-state index contributed by atoms with van der Waals surface area (Å²) in [5.41, 5.74) is 4.59. The van der Waals surface area contributed by atoms with E-state index in [0.717, 1.165) is 23.4 Å². The number of nitrogens with zero attached hydrogens (tertiary/aromatic N) is 5. The van der Waals surface area contributed by atoms with Gasteiger partial charge in [0.15, 0.2) is 5.69 Å². The summed E-state index contributed by atoms with van der Waals surface area (Å²) in [4.78, 5) is 4.45. The van der Waals surface area contributed by atoms with Crippen molar-refractivity contribution in [3.05, 3.63) is 65.9 Å². The molecule has 25 heavy (non-hydrogen) atoms. The van der Waals surface area contributed by atoms with E-state index >= 15 is 0 Å². The van der Waals surface area contributed by atoms with Crippen molar-refractivity contribution in [1.29, 1.82) is 0 Å². The van der Waals surface area contributed by atoms with E-state index in [0.29, 0.717) is 17.4 Å². The fraction of sp³-hybridized carbons (Fsp3) is 0.158. The van der Waals surface area contributed by atoms with Crippen molar-refractivity contribution < 1.29 is 4.52 Å². The second kappa shape index (κ2) is 6.32. The molecule has 6 heteroatoms. The summed E-state index contributed by atoms with van der Waals surface area (Å²) in [5.74, 6) is 0.907. The molecule has 4 rings (SSSR count). The lowest BCUT2D eigenvalue weighted by Gasteiger charge is -2.04. The van der Waals surface area contributed by atoms with Gasteiger partial charge in [-0.3, -0.25) is 0 Å². The zero-order chi connectivity index (χ0) is 17.2. The lowest BCUT2D eigenvalue weighted by atomic mass is 10.1. The first-order chi connectivity index (χ1) is 12.3. The highest BCUT2D eigenvalue weighted by atomic mass is 16.5. The molecule has 2 aromatic heterocycles. The van der Waals surface area contributed by atoms with Crippen molar-refractivity contribution >= 4 is 0 Å². The predicted octanol–water partition coefficient (Wildman–Crippen LogP) is 3.86. The quantitative estimate of drug-likeness (QED) is 0.568. The van der Waals surface area contributed by atoms with Gasteiger partial charge in [0, 0.05) is 5.56 Å². The molecular weight excluding hydrogens is 314 g/mol. The van der Waals surface area contributed by atoms with Crippen LogP contribution in [0.5, 0.6) is 0 Å². The number of aromatic nitrogens is 5. The number of hydrogen-bond donors (Lipinski definition) is 0. The van der Waals surface area contributed by atoms with Crippen LogP contribution in [0, 0.1) is 6.92 Å². The summed E-state index contributed by atoms with van der Waals surface area (Å²) >= 11 is 0. The lowest BCUT2D eigenvalue weighted by Crippen LogP contribution is -1.99. The summed E-state index contributed by atoms with van der Waals surface area (Å²) < 4.78 is 7.17. The van der Waals surface area contributed by atoms with Crippen LogP contribution in [0.1, 0.15) is 18.2 Å². The Morgan fingerprint density at radius 2 is 1.76 bits per heavy atom. The molecule has 2 aromatic carbocycles. The Kier molecular flexibility index (Phi) is 3.85. The summed E-state index contributed by atoms with van der Waals surface area (Å²) in [7, 11) is 0. The molecule has 0 aliphatic heterocycles. The summed E-state index contributed by atoms with van der Waals surface area (Å²) in [6.07, 6.45) is 1.01. The minimum atomic E-state index is 0.368. The topological polar surface area (TPSA) is 69.6 Å². The van der Waals surface area contributed by atoms with E-state index in [9.17, 15) is 0 Å². The van der Waals surface area contributed by atoms with Gasteiger partial charge in [0.1, 0.15) is 0 Å². The monoisotopic (exact) mass is 331 g/mol. The molecule has 0 N–H and O–H groups in total. The third kappa shape index (κ3) is 2.82. The normalized spacial score (nSPS) is 11.0. The number of aryl methyl sites for hydroxylation is 1. The SMILES string of the molecule is CCc1ccc(-n2nnc(-c3nc(-c4ccccc4)no3)c2C)cc1. The van der Waals surface area contributed by atoms with E-state index in [1.165, 1.54) is 5.56 Å². The Morgan fingerprint density at radius 1 is 1.00 bits per heavy atom. The highest BCUT2D eigenvalue weighted by Gasteiger charge is 2.18. The molecule has 0 spiro atoms. The van der Waals surface area contributed by atoms with Crippen LogP contribution in [0.25, 0.3) is 28.7 Å². The van der Waals surface area contributed by atoms with Gasteiger partial charge in [-0.1, -0.05) is 59.8 Å². The fourth-order valence-corrected chi connectivity index (χ4v) is 2.67. The molecule has 6 nitrogen and oxygen atoms in total. The molecule has 0 saturated heterocycles. The van der Waals surface area contributed by atoms with Gasteiger partial charge in [0.2, 0.25) is 5.82 Å². The second-order valence-corrected chi connectivity index (χ2v) is 5.74. The van der Waals surface area contributed by atoms with E-state index in [1.54, 1.807) is 4.68 Å². The van der Waals surface area contributed by atoms with E-state index in [4.69, 9.17) is 4.52 Å². The highest BCUT2D eigenvalue weighted by molar-refractivity contribution is 5.58. The summed E-state index contributed by atoms with van der Waals surface area (Å²) in [5, 5.41) is 12.5. The van der Waals surface area contributed by atoms with Crippen molar-refractivity contribution in [1.82, 2.24) is 25.1 Å². The number of benzene rings is 2. The molecule has 0 aliphatic rings. The second-order valence-electron chi connectivity index (χ2n) is 5.74. The first kappa shape index (κ1) is 15.3. The molecule has 0 saturated carbocycles. The molecule has 0 radical (unpaired) electrons. The molecule has 0 unspecified atom stereocenters. The zero-order valence-corrected chi connectivity index (χ0v) is 14.0. The maximum atomic E-state index is 5.39. The van der Waals surface area contributed by atoms with Gasteiger partial charge in [0.05, 0.1) is 11.4 Å². The van der Waals surface area contributed by atoms with Gasteiger partial charge in [-0.05, 0) is 31.0 Å². The van der Waals surface area contributed by atoms with Crippen LogP contribution in [-0.4, -0.2) is 25.1 Å². The van der Waals surface area contributed by atoms with Gasteiger partial charge in [0.25, 0.3) is 5.89 Å². The predicted molar refractivity (Wildman–Crippen MR) is 94.2 cm³/mol. The summed E-state index contributed by atoms with van der Waals surface area (Å²) in [6, 6.07) is 18.0. The van der Waals surface area contributed by atoms with Crippen molar-refractivity contribution in [2.24, 2.45) is 0 Å². The van der Waals surface area contributed by atoms with Crippen molar-refractivity contribution in [2.45, 2.75) is 20.3 Å². The van der Waals surface area contributed by atoms with E-state index < -0.39 is 0 Å². The summed E-state index contributed by atoms with van der Waals surface area (Å²) in [6.45, 7) is 4.07. The Labute approximate surface area is 145 Å². The number of rotatable bonds is 4. The molecule has 2 heterocycles. The largest absolute Gasteiger partial charge is 0.332 e. The minimum absolute atomic E-state index is 0.368. The molecule has 0 atom stereocenters. The van der Waals surface area contributed by atoms with Crippen LogP contribution in [0.15, 0.2) is 59.1 Å². The standard InChI is InChI=1S/C19H17N5O/c1-3-14-9-11-16(12-10-14)24-13(2)17(21-23-24)19-20-18(22-25-19)15-7-5-4-6-8-15/h4-12H,3H2,1-2H3. The number of hydrogen-bond acceptors (Lipinski definition) is 5. The fourth-order valence-electron chi connectivity index (χ4n) is 2.67. The Balaban J connectivity index is 1.68. The Morgan fingerprint density at radius 3 is 2.48 bits per heavy atom.